The fourth-order valence-electron chi connectivity index (χ4n) is 1.83. The van der Waals surface area contributed by atoms with Gasteiger partial charge in [0, 0.05) is 20.1 Å². The molecule has 1 aromatic rings. The number of rotatable bonds is 5. The summed E-state index contributed by atoms with van der Waals surface area (Å²) < 4.78 is 60.8. The summed E-state index contributed by atoms with van der Waals surface area (Å²) in [6, 6.07) is 4.80. The zero-order valence-corrected chi connectivity index (χ0v) is 18.3. The lowest BCUT2D eigenvalue weighted by atomic mass is 10.1. The second kappa shape index (κ2) is 9.77. The van der Waals surface area contributed by atoms with Gasteiger partial charge in [-0.2, -0.15) is 13.2 Å². The summed E-state index contributed by atoms with van der Waals surface area (Å²) in [7, 11) is -1.71. The molecule has 0 spiro atoms. The molecule has 0 aromatic heterocycles. The molecule has 0 atom stereocenters. The first-order valence-corrected chi connectivity index (χ1v) is 9.35. The maximum Gasteiger partial charge on any atom is 0.416 e. The molecule has 1 rings (SSSR count). The smallest absolute Gasteiger partial charge is 0.355 e. The van der Waals surface area contributed by atoms with Crippen LogP contribution in [-0.2, 0) is 22.6 Å². The number of benzene rings is 1. The number of alkyl halides is 3. The van der Waals surface area contributed by atoms with Gasteiger partial charge in [0.25, 0.3) is 0 Å². The maximum atomic E-state index is 12.5. The van der Waals surface area contributed by atoms with E-state index in [0.29, 0.717) is 11.5 Å². The van der Waals surface area contributed by atoms with Crippen molar-refractivity contribution in [2.24, 2.45) is 4.99 Å². The zero-order valence-electron chi connectivity index (χ0n) is 15.1. The molecule has 0 radical (unpaired) electrons. The van der Waals surface area contributed by atoms with Crippen LogP contribution < -0.4 is 10.6 Å². The normalized spacial score (nSPS) is 13.1. The van der Waals surface area contributed by atoms with Gasteiger partial charge in [-0.1, -0.05) is 12.1 Å². The number of aliphatic imine (C=N–C) groups is 1. The second-order valence-corrected chi connectivity index (χ2v) is 9.34. The minimum absolute atomic E-state index is 0. The number of sulfone groups is 1. The van der Waals surface area contributed by atoms with E-state index >= 15 is 0 Å². The van der Waals surface area contributed by atoms with Crippen LogP contribution in [0.25, 0.3) is 0 Å². The van der Waals surface area contributed by atoms with E-state index in [9.17, 15) is 21.6 Å². The zero-order chi connectivity index (χ0) is 19.3. The molecule has 0 aliphatic rings. The average Bonchev–Trinajstić information content (AvgIpc) is 2.49. The highest BCUT2D eigenvalue weighted by atomic mass is 127. The third kappa shape index (κ3) is 7.68. The number of guanidine groups is 1. The Morgan fingerprint density at radius 2 is 1.62 bits per heavy atom. The summed E-state index contributed by atoms with van der Waals surface area (Å²) in [6.45, 7) is 5.37. The number of hydrogen-bond acceptors (Lipinski definition) is 3. The van der Waals surface area contributed by atoms with E-state index in [1.807, 2.05) is 0 Å². The molecular weight excluding hydrogens is 482 g/mol. The van der Waals surface area contributed by atoms with Gasteiger partial charge in [0.15, 0.2) is 15.8 Å². The van der Waals surface area contributed by atoms with E-state index in [1.165, 1.54) is 19.2 Å². The molecule has 0 saturated heterocycles. The number of hydrogen-bond donors (Lipinski definition) is 2. The van der Waals surface area contributed by atoms with E-state index in [1.54, 1.807) is 20.8 Å². The Hall–Kier alpha value is -1.04. The molecule has 1 aromatic carbocycles. The van der Waals surface area contributed by atoms with Crippen molar-refractivity contribution in [3.63, 3.8) is 0 Å². The minimum Gasteiger partial charge on any atom is -0.355 e. The van der Waals surface area contributed by atoms with Crippen molar-refractivity contribution in [3.8, 4) is 0 Å². The first-order valence-electron chi connectivity index (χ1n) is 7.70. The van der Waals surface area contributed by atoms with Gasteiger partial charge in [-0.3, -0.25) is 4.99 Å². The molecule has 2 N–H and O–H groups in total. The van der Waals surface area contributed by atoms with Crippen LogP contribution in [0.15, 0.2) is 29.3 Å². The van der Waals surface area contributed by atoms with Gasteiger partial charge < -0.3 is 10.6 Å². The van der Waals surface area contributed by atoms with Crippen LogP contribution in [0.2, 0.25) is 0 Å². The molecular formula is C16H25F3IN3O2S. The molecule has 0 amide bonds. The van der Waals surface area contributed by atoms with E-state index in [2.05, 4.69) is 15.6 Å². The molecule has 5 nitrogen and oxygen atoms in total. The molecule has 26 heavy (non-hydrogen) atoms. The monoisotopic (exact) mass is 507 g/mol. The lowest BCUT2D eigenvalue weighted by Gasteiger charge is -2.19. The highest BCUT2D eigenvalue weighted by molar-refractivity contribution is 14.0. The van der Waals surface area contributed by atoms with Crippen LogP contribution in [0.5, 0.6) is 0 Å². The van der Waals surface area contributed by atoms with Crippen molar-refractivity contribution in [2.75, 3.05) is 19.3 Å². The molecule has 0 aliphatic carbocycles. The van der Waals surface area contributed by atoms with Crippen molar-refractivity contribution in [1.82, 2.24) is 10.6 Å². The van der Waals surface area contributed by atoms with Gasteiger partial charge in [0.1, 0.15) is 0 Å². The third-order valence-corrected chi connectivity index (χ3v) is 6.17. The molecule has 150 valence electrons. The van der Waals surface area contributed by atoms with Gasteiger partial charge in [-0.25, -0.2) is 8.42 Å². The fraction of sp³-hybridized carbons (Fsp3) is 0.562. The summed E-state index contributed by atoms with van der Waals surface area (Å²) in [6.07, 6.45) is -4.36. The predicted molar refractivity (Wildman–Crippen MR) is 109 cm³/mol. The highest BCUT2D eigenvalue weighted by Gasteiger charge is 2.30. The molecule has 0 unspecified atom stereocenters. The van der Waals surface area contributed by atoms with Crippen molar-refractivity contribution < 1.29 is 21.6 Å². The van der Waals surface area contributed by atoms with Crippen molar-refractivity contribution in [2.45, 2.75) is 38.2 Å². The highest BCUT2D eigenvalue weighted by Crippen LogP contribution is 2.29. The molecule has 10 heteroatoms. The summed E-state index contributed by atoms with van der Waals surface area (Å²) >= 11 is 0. The quantitative estimate of drug-likeness (QED) is 0.365. The van der Waals surface area contributed by atoms with Gasteiger partial charge >= 0.3 is 6.18 Å². The Kier molecular flexibility index (Phi) is 9.38. The summed E-state index contributed by atoms with van der Waals surface area (Å²) in [4.78, 5) is 3.96. The Bertz CT molecular complexity index is 697. The van der Waals surface area contributed by atoms with E-state index in [-0.39, 0.29) is 42.8 Å². The van der Waals surface area contributed by atoms with Crippen LogP contribution in [0, 0.1) is 0 Å². The minimum atomic E-state index is -4.36. The number of nitrogens with zero attached hydrogens (tertiary/aromatic N) is 1. The number of halogens is 4. The number of nitrogens with one attached hydrogen (secondary N) is 2. The SMILES string of the molecule is CN=C(NCCS(=O)(=O)C(C)(C)C)NCc1ccc(C(F)(F)F)cc1.I. The molecule has 0 fully saturated rings. The van der Waals surface area contributed by atoms with Crippen LogP contribution in [0.3, 0.4) is 0 Å². The summed E-state index contributed by atoms with van der Waals surface area (Å²) in [5.41, 5.74) is -0.0515. The van der Waals surface area contributed by atoms with Gasteiger partial charge in [-0.05, 0) is 38.5 Å². The maximum absolute atomic E-state index is 12.5. The molecule has 0 bridgehead atoms. The predicted octanol–water partition coefficient (Wildman–Crippen LogP) is 3.20. The molecule has 0 saturated carbocycles. The van der Waals surface area contributed by atoms with E-state index in [0.717, 1.165) is 12.1 Å². The Balaban J connectivity index is 0.00000625. The van der Waals surface area contributed by atoms with Crippen molar-refractivity contribution in [1.29, 1.82) is 0 Å². The van der Waals surface area contributed by atoms with Crippen molar-refractivity contribution >= 4 is 39.8 Å². The third-order valence-electron chi connectivity index (χ3n) is 3.56. The van der Waals surface area contributed by atoms with Gasteiger partial charge in [-0.15, -0.1) is 24.0 Å². The van der Waals surface area contributed by atoms with Crippen LogP contribution >= 0.6 is 24.0 Å². The van der Waals surface area contributed by atoms with Crippen LogP contribution in [-0.4, -0.2) is 38.5 Å². The van der Waals surface area contributed by atoms with E-state index < -0.39 is 26.3 Å². The first-order chi connectivity index (χ1) is 11.4. The molecule has 0 heterocycles. The van der Waals surface area contributed by atoms with Gasteiger partial charge in [0.05, 0.1) is 16.1 Å². The Morgan fingerprint density at radius 3 is 2.04 bits per heavy atom. The molecule has 0 aliphatic heterocycles. The Labute approximate surface area is 169 Å². The largest absolute Gasteiger partial charge is 0.416 e. The fourth-order valence-corrected chi connectivity index (χ4v) is 2.81. The second-order valence-electron chi connectivity index (χ2n) is 6.48. The van der Waals surface area contributed by atoms with Crippen molar-refractivity contribution in [3.05, 3.63) is 35.4 Å². The van der Waals surface area contributed by atoms with E-state index in [4.69, 9.17) is 0 Å². The van der Waals surface area contributed by atoms with Gasteiger partial charge in [0.2, 0.25) is 0 Å². The average molecular weight is 507 g/mol. The standard InChI is InChI=1S/C16H24F3N3O2S.HI/c1-15(2,3)25(23,24)10-9-21-14(20-4)22-11-12-5-7-13(8-6-12)16(17,18)19;/h5-8H,9-11H2,1-4H3,(H2,20,21,22);1H. The lowest BCUT2D eigenvalue weighted by molar-refractivity contribution is -0.137. The van der Waals surface area contributed by atoms with Crippen LogP contribution in [0.1, 0.15) is 31.9 Å². The summed E-state index contributed by atoms with van der Waals surface area (Å²) in [5.74, 6) is 0.335. The summed E-state index contributed by atoms with van der Waals surface area (Å²) in [5, 5.41) is 5.81. The Morgan fingerprint density at radius 1 is 1.08 bits per heavy atom. The lowest BCUT2D eigenvalue weighted by Crippen LogP contribution is -2.41. The topological polar surface area (TPSA) is 70.6 Å². The van der Waals surface area contributed by atoms with Crippen LogP contribution in [0.4, 0.5) is 13.2 Å². The first kappa shape index (κ1) is 25.0.